The number of aliphatic hydroxyl groups is 2. The number of carbonyl (C=O) groups is 1. The van der Waals surface area contributed by atoms with Crippen LogP contribution >= 0.6 is 0 Å². The minimum absolute atomic E-state index is 0.0227. The van der Waals surface area contributed by atoms with Crippen LogP contribution in [0.4, 0.5) is 0 Å². The molecule has 1 fully saturated rings. The molecule has 3 aromatic carbocycles. The first-order valence-corrected chi connectivity index (χ1v) is 19.5. The van der Waals surface area contributed by atoms with E-state index in [1.807, 2.05) is 91.0 Å². The SMILES string of the molecule is CCCCCCCCCCCCCCCC(=O)OC[C@H]1[C@H](OCc2ccccc2)[C@@H](O)[C@H](O)[C@@H](OCc2ccccc2)[C@H]1OCc1ccccc1. The molecule has 0 amide bonds. The Morgan fingerprint density at radius 3 is 1.33 bits per heavy atom. The van der Waals surface area contributed by atoms with Gasteiger partial charge >= 0.3 is 5.97 Å². The van der Waals surface area contributed by atoms with Crippen molar-refractivity contribution in [1.29, 1.82) is 0 Å². The highest BCUT2D eigenvalue weighted by Crippen LogP contribution is 2.35. The van der Waals surface area contributed by atoms with Crippen LogP contribution in [-0.4, -0.2) is 53.3 Å². The molecule has 0 heterocycles. The molecule has 3 aromatic rings. The molecule has 7 nitrogen and oxygen atoms in total. The quantitative estimate of drug-likeness (QED) is 0.0672. The van der Waals surface area contributed by atoms with Crippen LogP contribution in [0.15, 0.2) is 91.0 Å². The number of aliphatic hydroxyl groups excluding tert-OH is 2. The summed E-state index contributed by atoms with van der Waals surface area (Å²) >= 11 is 0. The second-order valence-corrected chi connectivity index (χ2v) is 14.1. The first-order valence-electron chi connectivity index (χ1n) is 19.5. The summed E-state index contributed by atoms with van der Waals surface area (Å²) in [6.07, 6.45) is 11.4. The molecular weight excluding hydrogens is 640 g/mol. The van der Waals surface area contributed by atoms with Gasteiger partial charge in [0, 0.05) is 6.42 Å². The Hall–Kier alpha value is -3.07. The molecule has 1 aliphatic carbocycles. The molecule has 0 radical (unpaired) electrons. The zero-order chi connectivity index (χ0) is 35.9. The van der Waals surface area contributed by atoms with E-state index in [2.05, 4.69) is 6.92 Å². The molecule has 0 aromatic heterocycles. The van der Waals surface area contributed by atoms with Crippen LogP contribution in [0, 0.1) is 5.92 Å². The molecule has 0 spiro atoms. The third-order valence-corrected chi connectivity index (χ3v) is 9.97. The summed E-state index contributed by atoms with van der Waals surface area (Å²) in [7, 11) is 0. The number of ether oxygens (including phenoxy) is 4. The predicted octanol–water partition coefficient (Wildman–Crippen LogP) is 9.12. The summed E-state index contributed by atoms with van der Waals surface area (Å²) in [6.45, 7) is 2.94. The fourth-order valence-corrected chi connectivity index (χ4v) is 6.94. The van der Waals surface area contributed by atoms with Gasteiger partial charge in [-0.2, -0.15) is 0 Å². The second kappa shape index (κ2) is 24.2. The molecule has 4 rings (SSSR count). The number of rotatable bonds is 25. The molecule has 51 heavy (non-hydrogen) atoms. The van der Waals surface area contributed by atoms with Crippen molar-refractivity contribution in [2.24, 2.45) is 5.92 Å². The van der Waals surface area contributed by atoms with E-state index < -0.39 is 36.4 Å². The van der Waals surface area contributed by atoms with E-state index in [1.165, 1.54) is 64.2 Å². The number of hydrogen-bond donors (Lipinski definition) is 2. The summed E-state index contributed by atoms with van der Waals surface area (Å²) < 4.78 is 25.1. The molecule has 1 saturated carbocycles. The van der Waals surface area contributed by atoms with E-state index in [-0.39, 0.29) is 32.4 Å². The minimum atomic E-state index is -1.28. The van der Waals surface area contributed by atoms with Gasteiger partial charge in [-0.3, -0.25) is 4.79 Å². The van der Waals surface area contributed by atoms with Gasteiger partial charge < -0.3 is 29.2 Å². The minimum Gasteiger partial charge on any atom is -0.465 e. The number of esters is 1. The summed E-state index contributed by atoms with van der Waals surface area (Å²) in [5.41, 5.74) is 2.82. The summed E-state index contributed by atoms with van der Waals surface area (Å²) in [5, 5.41) is 23.0. The average Bonchev–Trinajstić information content (AvgIpc) is 3.16. The van der Waals surface area contributed by atoms with Crippen molar-refractivity contribution in [2.45, 2.75) is 147 Å². The maximum atomic E-state index is 13.1. The lowest BCUT2D eigenvalue weighted by Crippen LogP contribution is -2.64. The van der Waals surface area contributed by atoms with E-state index in [0.717, 1.165) is 36.0 Å². The standard InChI is InChI=1S/C44H62O7/c1-2-3-4-5-6-7-8-9-10-11-12-13-23-30-39(45)48-34-38-42(49-31-35-24-17-14-18-25-35)40(46)41(47)44(51-33-37-28-21-16-22-29-37)43(38)50-32-36-26-19-15-20-27-36/h14-22,24-29,38,40-44,46-47H,2-13,23,30-34H2,1H3/t38-,40-,41-,42-,43-,44+/m0/s1. The Morgan fingerprint density at radius 2 is 0.882 bits per heavy atom. The number of carbonyl (C=O) groups excluding carboxylic acids is 1. The van der Waals surface area contributed by atoms with Crippen molar-refractivity contribution in [3.63, 3.8) is 0 Å². The van der Waals surface area contributed by atoms with Crippen LogP contribution in [0.3, 0.4) is 0 Å². The van der Waals surface area contributed by atoms with Crippen molar-refractivity contribution >= 4 is 5.97 Å². The highest BCUT2D eigenvalue weighted by atomic mass is 16.6. The van der Waals surface area contributed by atoms with Crippen molar-refractivity contribution in [3.8, 4) is 0 Å². The van der Waals surface area contributed by atoms with E-state index >= 15 is 0 Å². The Labute approximate surface area is 306 Å². The Bertz CT molecular complexity index is 1300. The highest BCUT2D eigenvalue weighted by molar-refractivity contribution is 5.69. The zero-order valence-electron chi connectivity index (χ0n) is 30.8. The topological polar surface area (TPSA) is 94.5 Å². The molecule has 0 aliphatic heterocycles. The van der Waals surface area contributed by atoms with Gasteiger partial charge in [-0.1, -0.05) is 175 Å². The lowest BCUT2D eigenvalue weighted by atomic mass is 9.78. The fraction of sp³-hybridized carbons (Fsp3) is 0.568. The molecule has 0 saturated heterocycles. The first-order chi connectivity index (χ1) is 25.1. The average molecular weight is 703 g/mol. The Balaban J connectivity index is 1.34. The normalized spacial score (nSPS) is 21.8. The van der Waals surface area contributed by atoms with Crippen molar-refractivity contribution < 1.29 is 34.0 Å². The number of hydrogen-bond acceptors (Lipinski definition) is 7. The lowest BCUT2D eigenvalue weighted by Gasteiger charge is -2.47. The van der Waals surface area contributed by atoms with Crippen LogP contribution in [-0.2, 0) is 43.6 Å². The second-order valence-electron chi connectivity index (χ2n) is 14.1. The van der Waals surface area contributed by atoms with E-state index in [1.54, 1.807) is 0 Å². The molecule has 0 unspecified atom stereocenters. The van der Waals surface area contributed by atoms with Gasteiger partial charge in [0.1, 0.15) is 18.3 Å². The molecule has 2 N–H and O–H groups in total. The van der Waals surface area contributed by atoms with Gasteiger partial charge in [0.25, 0.3) is 0 Å². The van der Waals surface area contributed by atoms with Gasteiger partial charge in [-0.05, 0) is 23.1 Å². The van der Waals surface area contributed by atoms with E-state index in [0.29, 0.717) is 6.42 Å². The summed E-state index contributed by atoms with van der Waals surface area (Å²) in [6, 6.07) is 29.2. The maximum absolute atomic E-state index is 13.1. The van der Waals surface area contributed by atoms with E-state index in [4.69, 9.17) is 18.9 Å². The third kappa shape index (κ3) is 14.8. The summed E-state index contributed by atoms with van der Waals surface area (Å²) in [5.74, 6) is -0.865. The molecule has 1 aliphatic rings. The monoisotopic (exact) mass is 702 g/mol. The number of unbranched alkanes of at least 4 members (excludes halogenated alkanes) is 12. The van der Waals surface area contributed by atoms with Gasteiger partial charge in [0.2, 0.25) is 0 Å². The van der Waals surface area contributed by atoms with Crippen molar-refractivity contribution in [1.82, 2.24) is 0 Å². The Morgan fingerprint density at radius 1 is 0.510 bits per heavy atom. The van der Waals surface area contributed by atoms with Gasteiger partial charge in [-0.25, -0.2) is 0 Å². The van der Waals surface area contributed by atoms with Crippen LogP contribution in [0.25, 0.3) is 0 Å². The van der Waals surface area contributed by atoms with Crippen LogP contribution in [0.2, 0.25) is 0 Å². The predicted molar refractivity (Wildman–Crippen MR) is 202 cm³/mol. The molecule has 280 valence electrons. The highest BCUT2D eigenvalue weighted by Gasteiger charge is 2.52. The van der Waals surface area contributed by atoms with Gasteiger partial charge in [-0.15, -0.1) is 0 Å². The molecular formula is C44H62O7. The van der Waals surface area contributed by atoms with Crippen LogP contribution < -0.4 is 0 Å². The van der Waals surface area contributed by atoms with Crippen LogP contribution in [0.5, 0.6) is 0 Å². The van der Waals surface area contributed by atoms with Crippen LogP contribution in [0.1, 0.15) is 114 Å². The number of benzene rings is 3. The Kier molecular flexibility index (Phi) is 19.3. The molecule has 6 atom stereocenters. The van der Waals surface area contributed by atoms with Gasteiger partial charge in [0.15, 0.2) is 0 Å². The maximum Gasteiger partial charge on any atom is 0.305 e. The van der Waals surface area contributed by atoms with Crippen molar-refractivity contribution in [2.75, 3.05) is 6.61 Å². The summed E-state index contributed by atoms with van der Waals surface area (Å²) in [4.78, 5) is 13.1. The molecule has 0 bridgehead atoms. The third-order valence-electron chi connectivity index (χ3n) is 9.97. The van der Waals surface area contributed by atoms with Crippen molar-refractivity contribution in [3.05, 3.63) is 108 Å². The largest absolute Gasteiger partial charge is 0.465 e. The fourth-order valence-electron chi connectivity index (χ4n) is 6.94. The van der Waals surface area contributed by atoms with Gasteiger partial charge in [0.05, 0.1) is 44.6 Å². The smallest absolute Gasteiger partial charge is 0.305 e. The molecule has 7 heteroatoms. The lowest BCUT2D eigenvalue weighted by molar-refractivity contribution is -0.252. The van der Waals surface area contributed by atoms with E-state index in [9.17, 15) is 15.0 Å². The zero-order valence-corrected chi connectivity index (χ0v) is 30.8. The first kappa shape index (κ1) is 40.7.